The smallest absolute Gasteiger partial charge is 0.319 e. The Morgan fingerprint density at radius 2 is 2.00 bits per heavy atom. The molecule has 0 aliphatic carbocycles. The number of ether oxygens (including phenoxy) is 1. The molecule has 0 saturated carbocycles. The summed E-state index contributed by atoms with van der Waals surface area (Å²) in [6.07, 6.45) is 4.62. The number of alkyl halides is 1. The van der Waals surface area contributed by atoms with E-state index in [1.165, 1.54) is 17.2 Å². The number of piperazine rings is 1. The van der Waals surface area contributed by atoms with Crippen LogP contribution in [0.3, 0.4) is 0 Å². The topological polar surface area (TPSA) is 74.7 Å². The van der Waals surface area contributed by atoms with Gasteiger partial charge in [-0.2, -0.15) is 9.97 Å². The van der Waals surface area contributed by atoms with E-state index in [-0.39, 0.29) is 47.3 Å². The van der Waals surface area contributed by atoms with Gasteiger partial charge in [0.25, 0.3) is 0 Å². The number of carbonyl (C=O) groups excluding carboxylic acids is 1. The van der Waals surface area contributed by atoms with Crippen molar-refractivity contribution in [2.75, 3.05) is 51.4 Å². The van der Waals surface area contributed by atoms with Crippen molar-refractivity contribution in [3.05, 3.63) is 65.8 Å². The molecule has 2 aromatic heterocycles. The first kappa shape index (κ1) is 29.1. The van der Waals surface area contributed by atoms with E-state index in [1.54, 1.807) is 29.2 Å². The van der Waals surface area contributed by atoms with Gasteiger partial charge in [0, 0.05) is 42.8 Å². The Morgan fingerprint density at radius 1 is 1.16 bits per heavy atom. The van der Waals surface area contributed by atoms with Crippen LogP contribution in [0.5, 0.6) is 6.01 Å². The molecule has 2 aromatic carbocycles. The van der Waals surface area contributed by atoms with Gasteiger partial charge in [-0.1, -0.05) is 42.4 Å². The van der Waals surface area contributed by atoms with Crippen LogP contribution >= 0.6 is 11.6 Å². The third-order valence-electron chi connectivity index (χ3n) is 8.33. The lowest BCUT2D eigenvalue weighted by Gasteiger charge is -2.40. The van der Waals surface area contributed by atoms with E-state index in [4.69, 9.17) is 16.3 Å². The summed E-state index contributed by atoms with van der Waals surface area (Å²) < 4.78 is 51.1. The molecule has 43 heavy (non-hydrogen) atoms. The second-order valence-corrected chi connectivity index (χ2v) is 11.2. The highest BCUT2D eigenvalue weighted by molar-refractivity contribution is 6.36. The first-order chi connectivity index (χ1) is 20.8. The van der Waals surface area contributed by atoms with Crippen molar-refractivity contribution in [3.63, 3.8) is 0 Å². The van der Waals surface area contributed by atoms with Crippen LogP contribution in [-0.4, -0.2) is 89.3 Å². The van der Waals surface area contributed by atoms with Crippen molar-refractivity contribution in [1.82, 2.24) is 24.8 Å². The maximum atomic E-state index is 16.5. The number of rotatable bonds is 7. The van der Waals surface area contributed by atoms with Gasteiger partial charge in [0.05, 0.1) is 16.5 Å². The molecule has 2 fully saturated rings. The molecule has 0 N–H and O–H groups in total. The van der Waals surface area contributed by atoms with Gasteiger partial charge >= 0.3 is 6.01 Å². The van der Waals surface area contributed by atoms with E-state index in [2.05, 4.69) is 26.4 Å². The fraction of sp³-hybridized carbons (Fsp3) is 0.355. The first-order valence-electron chi connectivity index (χ1n) is 14.1. The Labute approximate surface area is 251 Å². The Hall–Kier alpha value is -3.96. The normalized spacial score (nSPS) is 19.4. The number of benzene rings is 2. The van der Waals surface area contributed by atoms with E-state index < -0.39 is 24.4 Å². The first-order valence-corrected chi connectivity index (χ1v) is 14.5. The minimum absolute atomic E-state index is 0.0257. The van der Waals surface area contributed by atoms with Crippen molar-refractivity contribution in [2.45, 2.75) is 24.9 Å². The molecule has 12 heteroatoms. The van der Waals surface area contributed by atoms with Crippen LogP contribution in [0.15, 0.2) is 49.2 Å². The molecule has 224 valence electrons. The van der Waals surface area contributed by atoms with Gasteiger partial charge in [-0.3, -0.25) is 9.78 Å². The molecular weight excluding hydrogens is 581 g/mol. The number of nitrogens with zero attached hydrogens (tertiary/aromatic N) is 6. The van der Waals surface area contributed by atoms with Crippen LogP contribution in [0, 0.1) is 11.6 Å². The number of pyridine rings is 1. The van der Waals surface area contributed by atoms with Gasteiger partial charge in [0.1, 0.15) is 36.1 Å². The summed E-state index contributed by atoms with van der Waals surface area (Å²) in [5.74, 6) is -1.42. The predicted octanol–water partition coefficient (Wildman–Crippen LogP) is 5.42. The minimum Gasteiger partial charge on any atom is -0.462 e. The predicted molar refractivity (Wildman–Crippen MR) is 160 cm³/mol. The average molecular weight is 611 g/mol. The van der Waals surface area contributed by atoms with Crippen molar-refractivity contribution >= 4 is 45.0 Å². The number of likely N-dealkylation sites (N-methyl/N-ethyl adjacent to an activating group) is 1. The highest BCUT2D eigenvalue weighted by Crippen LogP contribution is 2.38. The number of halogens is 4. The zero-order valence-electron chi connectivity index (χ0n) is 23.6. The Bertz CT molecular complexity index is 1720. The van der Waals surface area contributed by atoms with Gasteiger partial charge in [-0.05, 0) is 44.0 Å². The van der Waals surface area contributed by atoms with Gasteiger partial charge in [-0.15, -0.1) is 0 Å². The van der Waals surface area contributed by atoms with Crippen molar-refractivity contribution in [3.8, 4) is 17.3 Å². The fourth-order valence-electron chi connectivity index (χ4n) is 5.97. The molecule has 0 bridgehead atoms. The molecule has 1 amide bonds. The highest BCUT2D eigenvalue weighted by atomic mass is 35.5. The second kappa shape index (κ2) is 12.0. The van der Waals surface area contributed by atoms with Crippen LogP contribution in [0.1, 0.15) is 12.8 Å². The number of fused-ring (bicyclic) bond motifs is 2. The van der Waals surface area contributed by atoms with Crippen molar-refractivity contribution in [2.24, 2.45) is 0 Å². The number of hydrogen-bond acceptors (Lipinski definition) is 7. The standard InChI is InChI=1S/C31H30ClF3N6O2/c1-3-24(42)41-13-12-40(16-20(41)14-33)30-22-15-36-28(21-8-4-6-18-9-10-23(34)26(32)25(18)21)27(35)29(22)37-31(38-30)43-17-19-7-5-11-39(19)2/h3-4,6,8-10,15,19-20H,1,5,7,11-14,16-17H2,2H3/t19-,20?/m0/s1. The lowest BCUT2D eigenvalue weighted by Crippen LogP contribution is -2.56. The molecular formula is C31H30ClF3N6O2. The summed E-state index contributed by atoms with van der Waals surface area (Å²) in [5, 5.41) is 1.12. The van der Waals surface area contributed by atoms with Crippen LogP contribution in [0.2, 0.25) is 5.02 Å². The van der Waals surface area contributed by atoms with E-state index in [9.17, 15) is 13.6 Å². The molecule has 4 aromatic rings. The van der Waals surface area contributed by atoms with Crippen molar-refractivity contribution < 1.29 is 22.7 Å². The number of hydrogen-bond donors (Lipinski definition) is 0. The molecule has 0 radical (unpaired) electrons. The largest absolute Gasteiger partial charge is 0.462 e. The third-order valence-corrected chi connectivity index (χ3v) is 8.70. The van der Waals surface area contributed by atoms with E-state index in [1.807, 2.05) is 7.05 Å². The monoisotopic (exact) mass is 610 g/mol. The lowest BCUT2D eigenvalue weighted by atomic mass is 10.0. The van der Waals surface area contributed by atoms with E-state index in [0.717, 1.165) is 25.5 Å². The molecule has 2 aliphatic rings. The molecule has 0 spiro atoms. The quantitative estimate of drug-likeness (QED) is 0.259. The molecule has 2 aliphatic heterocycles. The summed E-state index contributed by atoms with van der Waals surface area (Å²) in [6.45, 7) is 4.67. The molecule has 8 nitrogen and oxygen atoms in total. The number of amides is 1. The van der Waals surface area contributed by atoms with Crippen LogP contribution < -0.4 is 9.64 Å². The minimum atomic E-state index is -0.772. The summed E-state index contributed by atoms with van der Waals surface area (Å²) in [5.41, 5.74) is 0.209. The Kier molecular flexibility index (Phi) is 8.11. The summed E-state index contributed by atoms with van der Waals surface area (Å²) in [4.78, 5) is 31.3. The SMILES string of the molecule is C=CC(=O)N1CCN(c2nc(OC[C@@H]3CCCN3C)nc3c(F)c(-c4cccc5ccc(F)c(Cl)c45)ncc23)CC1CF. The Morgan fingerprint density at radius 3 is 2.74 bits per heavy atom. The highest BCUT2D eigenvalue weighted by Gasteiger charge is 2.32. The van der Waals surface area contributed by atoms with Gasteiger partial charge in [-0.25, -0.2) is 13.2 Å². The van der Waals surface area contributed by atoms with Crippen LogP contribution in [-0.2, 0) is 4.79 Å². The zero-order valence-corrected chi connectivity index (χ0v) is 24.3. The van der Waals surface area contributed by atoms with Crippen LogP contribution in [0.25, 0.3) is 32.9 Å². The maximum Gasteiger partial charge on any atom is 0.319 e. The van der Waals surface area contributed by atoms with Gasteiger partial charge < -0.3 is 19.4 Å². The van der Waals surface area contributed by atoms with Crippen molar-refractivity contribution in [1.29, 1.82) is 0 Å². The number of carbonyl (C=O) groups is 1. The lowest BCUT2D eigenvalue weighted by molar-refractivity contribution is -0.129. The number of aromatic nitrogens is 3. The zero-order chi connectivity index (χ0) is 30.2. The summed E-state index contributed by atoms with van der Waals surface area (Å²) in [7, 11) is 2.02. The second-order valence-electron chi connectivity index (χ2n) is 10.9. The van der Waals surface area contributed by atoms with Gasteiger partial charge in [0.15, 0.2) is 5.82 Å². The average Bonchev–Trinajstić information content (AvgIpc) is 3.45. The fourth-order valence-corrected chi connectivity index (χ4v) is 6.24. The Balaban J connectivity index is 1.47. The number of anilines is 1. The number of likely N-dealkylation sites (tertiary alicyclic amines) is 1. The van der Waals surface area contributed by atoms with E-state index >= 15 is 4.39 Å². The molecule has 2 atom stereocenters. The van der Waals surface area contributed by atoms with E-state index in [0.29, 0.717) is 40.7 Å². The molecule has 2 saturated heterocycles. The summed E-state index contributed by atoms with van der Waals surface area (Å²) >= 11 is 6.34. The maximum absolute atomic E-state index is 16.5. The third kappa shape index (κ3) is 5.36. The van der Waals surface area contributed by atoms with Crippen LogP contribution in [0.4, 0.5) is 19.0 Å². The van der Waals surface area contributed by atoms with Gasteiger partial charge in [0.2, 0.25) is 5.91 Å². The summed E-state index contributed by atoms with van der Waals surface area (Å²) in [6, 6.07) is 7.33. The molecule has 6 rings (SSSR count). The molecule has 4 heterocycles. The molecule has 1 unspecified atom stereocenters.